The van der Waals surface area contributed by atoms with Crippen molar-refractivity contribution in [1.82, 2.24) is 0 Å². The van der Waals surface area contributed by atoms with Crippen molar-refractivity contribution in [2.24, 2.45) is 5.73 Å². The average Bonchev–Trinajstić information content (AvgIpc) is 2.03. The van der Waals surface area contributed by atoms with Crippen LogP contribution < -0.4 is 10.5 Å². The lowest BCUT2D eigenvalue weighted by Gasteiger charge is -2.11. The van der Waals surface area contributed by atoms with E-state index in [0.717, 1.165) is 12.2 Å². The Labute approximate surface area is 79.7 Å². The van der Waals surface area contributed by atoms with E-state index >= 15 is 0 Å². The Balaban J connectivity index is 2.94. The molecule has 2 heteroatoms. The van der Waals surface area contributed by atoms with E-state index in [1.807, 2.05) is 19.1 Å². The van der Waals surface area contributed by atoms with Crippen LogP contribution in [0.3, 0.4) is 0 Å². The SMILES string of the molecule is COc1ccc(C)cc1CC(C)N. The van der Waals surface area contributed by atoms with Crippen molar-refractivity contribution in [2.75, 3.05) is 7.11 Å². The zero-order chi connectivity index (χ0) is 9.84. The number of methoxy groups -OCH3 is 1. The van der Waals surface area contributed by atoms with Crippen LogP contribution in [-0.4, -0.2) is 13.2 Å². The Bertz CT molecular complexity index is 281. The van der Waals surface area contributed by atoms with Crippen LogP contribution in [0, 0.1) is 6.92 Å². The quantitative estimate of drug-likeness (QED) is 0.769. The smallest absolute Gasteiger partial charge is 0.122 e. The summed E-state index contributed by atoms with van der Waals surface area (Å²) in [4.78, 5) is 0. The number of hydrogen-bond acceptors (Lipinski definition) is 2. The molecule has 1 aromatic rings. The van der Waals surface area contributed by atoms with Gasteiger partial charge in [-0.25, -0.2) is 0 Å². The molecule has 1 atom stereocenters. The first-order valence-corrected chi connectivity index (χ1v) is 4.52. The molecular formula is C11H17NO. The molecule has 0 fully saturated rings. The van der Waals surface area contributed by atoms with Gasteiger partial charge in [-0.05, 0) is 31.9 Å². The van der Waals surface area contributed by atoms with Gasteiger partial charge in [0.2, 0.25) is 0 Å². The van der Waals surface area contributed by atoms with E-state index in [9.17, 15) is 0 Å². The first-order valence-electron chi connectivity index (χ1n) is 4.52. The highest BCUT2D eigenvalue weighted by Crippen LogP contribution is 2.20. The molecule has 0 bridgehead atoms. The maximum Gasteiger partial charge on any atom is 0.122 e. The Kier molecular flexibility index (Phi) is 3.32. The maximum atomic E-state index is 5.74. The lowest BCUT2D eigenvalue weighted by molar-refractivity contribution is 0.408. The summed E-state index contributed by atoms with van der Waals surface area (Å²) >= 11 is 0. The minimum atomic E-state index is 0.177. The van der Waals surface area contributed by atoms with Gasteiger partial charge >= 0.3 is 0 Å². The van der Waals surface area contributed by atoms with Gasteiger partial charge in [-0.1, -0.05) is 17.7 Å². The Hall–Kier alpha value is -1.02. The number of hydrogen-bond donors (Lipinski definition) is 1. The van der Waals surface area contributed by atoms with Crippen LogP contribution in [0.5, 0.6) is 5.75 Å². The van der Waals surface area contributed by atoms with E-state index in [-0.39, 0.29) is 6.04 Å². The Morgan fingerprint density at radius 2 is 2.15 bits per heavy atom. The largest absolute Gasteiger partial charge is 0.496 e. The highest BCUT2D eigenvalue weighted by Gasteiger charge is 2.04. The molecule has 0 radical (unpaired) electrons. The van der Waals surface area contributed by atoms with E-state index in [2.05, 4.69) is 13.0 Å². The normalized spacial score (nSPS) is 12.6. The molecule has 1 rings (SSSR count). The molecule has 0 heterocycles. The van der Waals surface area contributed by atoms with E-state index in [1.54, 1.807) is 7.11 Å². The van der Waals surface area contributed by atoms with Crippen molar-refractivity contribution >= 4 is 0 Å². The maximum absolute atomic E-state index is 5.74. The summed E-state index contributed by atoms with van der Waals surface area (Å²) in [6, 6.07) is 6.34. The van der Waals surface area contributed by atoms with Crippen LogP contribution in [0.2, 0.25) is 0 Å². The molecule has 13 heavy (non-hydrogen) atoms. The van der Waals surface area contributed by atoms with Crippen molar-refractivity contribution in [3.8, 4) is 5.75 Å². The Morgan fingerprint density at radius 1 is 1.46 bits per heavy atom. The van der Waals surface area contributed by atoms with Gasteiger partial charge in [0.15, 0.2) is 0 Å². The number of rotatable bonds is 3. The van der Waals surface area contributed by atoms with Gasteiger partial charge in [0.25, 0.3) is 0 Å². The molecule has 0 saturated heterocycles. The fourth-order valence-corrected chi connectivity index (χ4v) is 1.41. The second kappa shape index (κ2) is 4.28. The van der Waals surface area contributed by atoms with E-state index in [1.165, 1.54) is 11.1 Å². The van der Waals surface area contributed by atoms with Gasteiger partial charge in [0, 0.05) is 6.04 Å². The monoisotopic (exact) mass is 179 g/mol. The highest BCUT2D eigenvalue weighted by atomic mass is 16.5. The van der Waals surface area contributed by atoms with E-state index < -0.39 is 0 Å². The standard InChI is InChI=1S/C11H17NO/c1-8-4-5-11(13-3)10(6-8)7-9(2)12/h4-6,9H,7,12H2,1-3H3. The predicted molar refractivity (Wildman–Crippen MR) is 55.1 cm³/mol. The highest BCUT2D eigenvalue weighted by molar-refractivity contribution is 5.37. The van der Waals surface area contributed by atoms with Crippen LogP contribution >= 0.6 is 0 Å². The molecule has 2 nitrogen and oxygen atoms in total. The van der Waals surface area contributed by atoms with Crippen molar-refractivity contribution in [1.29, 1.82) is 0 Å². The third-order valence-electron chi connectivity index (χ3n) is 1.98. The predicted octanol–water partition coefficient (Wildman–Crippen LogP) is 1.89. The van der Waals surface area contributed by atoms with E-state index in [4.69, 9.17) is 10.5 Å². The first-order chi connectivity index (χ1) is 6.13. The fraction of sp³-hybridized carbons (Fsp3) is 0.455. The summed E-state index contributed by atoms with van der Waals surface area (Å²) in [5, 5.41) is 0. The number of aryl methyl sites for hydroxylation is 1. The van der Waals surface area contributed by atoms with Gasteiger partial charge < -0.3 is 10.5 Å². The first kappa shape index (κ1) is 10.1. The van der Waals surface area contributed by atoms with Crippen LogP contribution in [0.1, 0.15) is 18.1 Å². The van der Waals surface area contributed by atoms with Crippen LogP contribution in [-0.2, 0) is 6.42 Å². The van der Waals surface area contributed by atoms with Crippen LogP contribution in [0.4, 0.5) is 0 Å². The van der Waals surface area contributed by atoms with Crippen molar-refractivity contribution in [3.05, 3.63) is 29.3 Å². The van der Waals surface area contributed by atoms with Crippen LogP contribution in [0.25, 0.3) is 0 Å². The van der Waals surface area contributed by atoms with Crippen LogP contribution in [0.15, 0.2) is 18.2 Å². The summed E-state index contributed by atoms with van der Waals surface area (Å²) in [5.74, 6) is 0.933. The van der Waals surface area contributed by atoms with Gasteiger partial charge in [-0.3, -0.25) is 0 Å². The van der Waals surface area contributed by atoms with Crippen molar-refractivity contribution in [3.63, 3.8) is 0 Å². The molecule has 0 spiro atoms. The molecule has 0 amide bonds. The molecule has 72 valence electrons. The van der Waals surface area contributed by atoms with E-state index in [0.29, 0.717) is 0 Å². The number of benzene rings is 1. The Morgan fingerprint density at radius 3 is 2.69 bits per heavy atom. The lowest BCUT2D eigenvalue weighted by atomic mass is 10.0. The summed E-state index contributed by atoms with van der Waals surface area (Å²) in [6.45, 7) is 4.08. The topological polar surface area (TPSA) is 35.2 Å². The second-order valence-corrected chi connectivity index (χ2v) is 3.50. The zero-order valence-electron chi connectivity index (χ0n) is 8.50. The van der Waals surface area contributed by atoms with Gasteiger partial charge in [0.05, 0.1) is 7.11 Å². The molecule has 1 unspecified atom stereocenters. The molecule has 0 aliphatic carbocycles. The average molecular weight is 179 g/mol. The molecule has 1 aromatic carbocycles. The minimum Gasteiger partial charge on any atom is -0.496 e. The molecule has 0 aromatic heterocycles. The minimum absolute atomic E-state index is 0.177. The molecule has 2 N–H and O–H groups in total. The third-order valence-corrected chi connectivity index (χ3v) is 1.98. The molecule has 0 aliphatic heterocycles. The molecule has 0 aliphatic rings. The van der Waals surface area contributed by atoms with Crippen molar-refractivity contribution < 1.29 is 4.74 Å². The van der Waals surface area contributed by atoms with Gasteiger partial charge in [-0.15, -0.1) is 0 Å². The number of ether oxygens (including phenoxy) is 1. The summed E-state index contributed by atoms with van der Waals surface area (Å²) < 4.78 is 5.25. The van der Waals surface area contributed by atoms with Gasteiger partial charge in [0.1, 0.15) is 5.75 Å². The fourth-order valence-electron chi connectivity index (χ4n) is 1.41. The summed E-state index contributed by atoms with van der Waals surface area (Å²) in [7, 11) is 1.69. The van der Waals surface area contributed by atoms with Gasteiger partial charge in [-0.2, -0.15) is 0 Å². The number of nitrogens with two attached hydrogens (primary N) is 1. The summed E-state index contributed by atoms with van der Waals surface area (Å²) in [6.07, 6.45) is 0.866. The summed E-state index contributed by atoms with van der Waals surface area (Å²) in [5.41, 5.74) is 8.18. The second-order valence-electron chi connectivity index (χ2n) is 3.50. The van der Waals surface area contributed by atoms with Crippen molar-refractivity contribution in [2.45, 2.75) is 26.3 Å². The zero-order valence-corrected chi connectivity index (χ0v) is 8.50. The lowest BCUT2D eigenvalue weighted by Crippen LogP contribution is -2.18. The molecular weight excluding hydrogens is 162 g/mol. The third kappa shape index (κ3) is 2.74. The molecule has 0 saturated carbocycles.